The average Bonchev–Trinajstić information content (AvgIpc) is 2.66. The van der Waals surface area contributed by atoms with Gasteiger partial charge in [0.2, 0.25) is 11.8 Å². The molecule has 1 heterocycles. The molecule has 144 valence electrons. The smallest absolute Gasteiger partial charge is 0.228 e. The van der Waals surface area contributed by atoms with Crippen LogP contribution >= 0.6 is 0 Å². The Morgan fingerprint density at radius 2 is 2.00 bits per heavy atom. The van der Waals surface area contributed by atoms with Crippen LogP contribution in [0.25, 0.3) is 0 Å². The molecule has 5 nitrogen and oxygen atoms in total. The first-order valence-corrected chi connectivity index (χ1v) is 9.75. The zero-order chi connectivity index (χ0) is 19.0. The predicted octanol–water partition coefficient (Wildman–Crippen LogP) is 2.35. The molecule has 1 aliphatic rings. The Kier molecular flexibility index (Phi) is 7.64. The van der Waals surface area contributed by atoms with Gasteiger partial charge in [-0.2, -0.15) is 0 Å². The molecular weight excluding hydrogens is 326 g/mol. The topological polar surface area (TPSA) is 75.4 Å². The average molecular weight is 360 g/mol. The SMILES string of the molecule is CC(C)(CCCc1ccccc1)C(=O)N1CCCC(C(=O)NCCN)C1. The van der Waals surface area contributed by atoms with E-state index in [1.807, 2.05) is 24.8 Å². The quantitative estimate of drug-likeness (QED) is 0.748. The van der Waals surface area contributed by atoms with Crippen molar-refractivity contribution in [2.75, 3.05) is 26.2 Å². The van der Waals surface area contributed by atoms with Crippen LogP contribution in [-0.2, 0) is 16.0 Å². The van der Waals surface area contributed by atoms with Crippen molar-refractivity contribution < 1.29 is 9.59 Å². The van der Waals surface area contributed by atoms with Crippen LogP contribution in [0.3, 0.4) is 0 Å². The first-order valence-electron chi connectivity index (χ1n) is 9.75. The van der Waals surface area contributed by atoms with Gasteiger partial charge in [0.15, 0.2) is 0 Å². The highest BCUT2D eigenvalue weighted by atomic mass is 16.2. The van der Waals surface area contributed by atoms with Crippen LogP contribution in [0.2, 0.25) is 0 Å². The van der Waals surface area contributed by atoms with Gasteiger partial charge in [0.05, 0.1) is 5.92 Å². The maximum atomic E-state index is 13.0. The number of likely N-dealkylation sites (tertiary alicyclic amines) is 1. The fourth-order valence-corrected chi connectivity index (χ4v) is 3.63. The second kappa shape index (κ2) is 9.72. The molecule has 0 aliphatic carbocycles. The Balaban J connectivity index is 1.85. The number of benzene rings is 1. The van der Waals surface area contributed by atoms with E-state index in [2.05, 4.69) is 29.6 Å². The summed E-state index contributed by atoms with van der Waals surface area (Å²) in [5, 5.41) is 2.85. The summed E-state index contributed by atoms with van der Waals surface area (Å²) in [6, 6.07) is 10.4. The Morgan fingerprint density at radius 3 is 2.69 bits per heavy atom. The van der Waals surface area contributed by atoms with E-state index >= 15 is 0 Å². The van der Waals surface area contributed by atoms with Crippen molar-refractivity contribution in [3.8, 4) is 0 Å². The summed E-state index contributed by atoms with van der Waals surface area (Å²) in [6.45, 7) is 6.26. The van der Waals surface area contributed by atoms with E-state index in [-0.39, 0.29) is 17.7 Å². The minimum absolute atomic E-state index is 0.0230. The summed E-state index contributed by atoms with van der Waals surface area (Å²) in [5.41, 5.74) is 6.36. The number of carbonyl (C=O) groups is 2. The fraction of sp³-hybridized carbons (Fsp3) is 0.619. The van der Waals surface area contributed by atoms with Gasteiger partial charge in [0.25, 0.3) is 0 Å². The number of nitrogens with zero attached hydrogens (tertiary/aromatic N) is 1. The lowest BCUT2D eigenvalue weighted by atomic mass is 9.83. The Hall–Kier alpha value is -1.88. The lowest BCUT2D eigenvalue weighted by Crippen LogP contribution is -2.49. The molecule has 26 heavy (non-hydrogen) atoms. The van der Waals surface area contributed by atoms with Crippen LogP contribution in [0.15, 0.2) is 30.3 Å². The molecule has 0 radical (unpaired) electrons. The molecule has 1 atom stereocenters. The number of hydrogen-bond donors (Lipinski definition) is 2. The highest BCUT2D eigenvalue weighted by molar-refractivity contribution is 5.84. The lowest BCUT2D eigenvalue weighted by Gasteiger charge is -2.37. The second-order valence-electron chi connectivity index (χ2n) is 7.89. The number of aryl methyl sites for hydroxylation is 1. The number of amides is 2. The van der Waals surface area contributed by atoms with Crippen molar-refractivity contribution >= 4 is 11.8 Å². The van der Waals surface area contributed by atoms with Gasteiger partial charge in [-0.15, -0.1) is 0 Å². The minimum atomic E-state index is -0.398. The maximum absolute atomic E-state index is 13.0. The van der Waals surface area contributed by atoms with E-state index in [1.165, 1.54) is 5.56 Å². The van der Waals surface area contributed by atoms with E-state index in [0.29, 0.717) is 19.6 Å². The highest BCUT2D eigenvalue weighted by Crippen LogP contribution is 2.29. The van der Waals surface area contributed by atoms with Crippen LogP contribution in [0, 0.1) is 11.3 Å². The summed E-state index contributed by atoms with van der Waals surface area (Å²) in [5.74, 6) is 0.0797. The molecule has 3 N–H and O–H groups in total. The van der Waals surface area contributed by atoms with Gasteiger partial charge in [0, 0.05) is 31.6 Å². The predicted molar refractivity (Wildman–Crippen MR) is 105 cm³/mol. The van der Waals surface area contributed by atoms with Crippen molar-refractivity contribution in [2.24, 2.45) is 17.1 Å². The summed E-state index contributed by atoms with van der Waals surface area (Å²) in [4.78, 5) is 27.1. The first kappa shape index (κ1) is 20.4. The zero-order valence-corrected chi connectivity index (χ0v) is 16.2. The zero-order valence-electron chi connectivity index (χ0n) is 16.2. The van der Waals surface area contributed by atoms with E-state index in [1.54, 1.807) is 0 Å². The summed E-state index contributed by atoms with van der Waals surface area (Å²) >= 11 is 0. The first-order chi connectivity index (χ1) is 12.4. The standard InChI is InChI=1S/C21H33N3O2/c1-21(2,12-6-10-17-8-4-3-5-9-17)20(26)24-15-7-11-18(16-24)19(25)23-14-13-22/h3-5,8-9,18H,6-7,10-16,22H2,1-2H3,(H,23,25). The van der Waals surface area contributed by atoms with Crippen molar-refractivity contribution in [3.63, 3.8) is 0 Å². The van der Waals surface area contributed by atoms with E-state index in [9.17, 15) is 9.59 Å². The number of nitrogens with two attached hydrogens (primary N) is 1. The molecule has 1 fully saturated rings. The molecule has 0 saturated carbocycles. The molecule has 0 aromatic heterocycles. The van der Waals surface area contributed by atoms with Crippen molar-refractivity contribution in [1.82, 2.24) is 10.2 Å². The van der Waals surface area contributed by atoms with Gasteiger partial charge < -0.3 is 16.0 Å². The van der Waals surface area contributed by atoms with Gasteiger partial charge in [-0.25, -0.2) is 0 Å². The third kappa shape index (κ3) is 5.84. The lowest BCUT2D eigenvalue weighted by molar-refractivity contribution is -0.144. The summed E-state index contributed by atoms with van der Waals surface area (Å²) < 4.78 is 0. The minimum Gasteiger partial charge on any atom is -0.355 e. The molecule has 1 aliphatic heterocycles. The van der Waals surface area contributed by atoms with Gasteiger partial charge in [-0.1, -0.05) is 44.2 Å². The van der Waals surface area contributed by atoms with Gasteiger partial charge >= 0.3 is 0 Å². The van der Waals surface area contributed by atoms with E-state index < -0.39 is 5.41 Å². The normalized spacial score (nSPS) is 17.8. The van der Waals surface area contributed by atoms with Crippen LogP contribution in [0.1, 0.15) is 45.1 Å². The van der Waals surface area contributed by atoms with Crippen LogP contribution in [-0.4, -0.2) is 42.9 Å². The monoisotopic (exact) mass is 359 g/mol. The van der Waals surface area contributed by atoms with Gasteiger partial charge in [-0.05, 0) is 37.7 Å². The molecule has 1 aromatic rings. The summed E-state index contributed by atoms with van der Waals surface area (Å²) in [7, 11) is 0. The number of rotatable bonds is 8. The van der Waals surface area contributed by atoms with Gasteiger partial charge in [-0.3, -0.25) is 9.59 Å². The van der Waals surface area contributed by atoms with Gasteiger partial charge in [0.1, 0.15) is 0 Å². The molecule has 2 amide bonds. The van der Waals surface area contributed by atoms with E-state index in [0.717, 1.165) is 38.6 Å². The Bertz CT molecular complexity index is 586. The molecule has 1 aromatic carbocycles. The summed E-state index contributed by atoms with van der Waals surface area (Å²) in [6.07, 6.45) is 4.54. The second-order valence-corrected chi connectivity index (χ2v) is 7.89. The third-order valence-corrected chi connectivity index (χ3v) is 5.21. The van der Waals surface area contributed by atoms with Crippen LogP contribution in [0.5, 0.6) is 0 Å². The molecule has 0 spiro atoms. The number of carbonyl (C=O) groups excluding carboxylic acids is 2. The molecule has 2 rings (SSSR count). The fourth-order valence-electron chi connectivity index (χ4n) is 3.63. The number of hydrogen-bond acceptors (Lipinski definition) is 3. The molecule has 1 saturated heterocycles. The molecule has 0 bridgehead atoms. The van der Waals surface area contributed by atoms with Crippen LogP contribution < -0.4 is 11.1 Å². The van der Waals surface area contributed by atoms with Crippen molar-refractivity contribution in [3.05, 3.63) is 35.9 Å². The van der Waals surface area contributed by atoms with Crippen LogP contribution in [0.4, 0.5) is 0 Å². The largest absolute Gasteiger partial charge is 0.355 e. The highest BCUT2D eigenvalue weighted by Gasteiger charge is 2.35. The number of piperidine rings is 1. The molecule has 1 unspecified atom stereocenters. The maximum Gasteiger partial charge on any atom is 0.228 e. The third-order valence-electron chi connectivity index (χ3n) is 5.21. The van der Waals surface area contributed by atoms with Crippen molar-refractivity contribution in [2.45, 2.75) is 46.0 Å². The Labute approximate surface area is 157 Å². The molecular formula is C21H33N3O2. The Morgan fingerprint density at radius 1 is 1.27 bits per heavy atom. The molecule has 5 heteroatoms. The number of nitrogens with one attached hydrogen (secondary N) is 1. The van der Waals surface area contributed by atoms with E-state index in [4.69, 9.17) is 5.73 Å². The van der Waals surface area contributed by atoms with Crippen molar-refractivity contribution in [1.29, 1.82) is 0 Å².